The quantitative estimate of drug-likeness (QED) is 0.771. The third-order valence-electron chi connectivity index (χ3n) is 4.57. The van der Waals surface area contributed by atoms with Crippen LogP contribution in [-0.2, 0) is 4.74 Å². The van der Waals surface area contributed by atoms with E-state index < -0.39 is 5.60 Å². The summed E-state index contributed by atoms with van der Waals surface area (Å²) in [4.78, 5) is 13.0. The molecule has 3 rings (SSSR count). The Hall–Kier alpha value is -1.61. The van der Waals surface area contributed by atoms with Crippen LogP contribution in [0.15, 0.2) is 34.7 Å². The lowest BCUT2D eigenvalue weighted by molar-refractivity contribution is -0.0487. The molecule has 0 saturated heterocycles. The molecule has 1 aromatic carbocycles. The van der Waals surface area contributed by atoms with E-state index in [9.17, 15) is 4.79 Å². The summed E-state index contributed by atoms with van der Waals surface area (Å²) in [6.45, 7) is 4.74. The summed E-state index contributed by atoms with van der Waals surface area (Å²) >= 11 is 0. The Bertz CT molecular complexity index is 600. The first kappa shape index (κ1) is 14.3. The molecule has 1 saturated carbocycles. The van der Waals surface area contributed by atoms with Crippen molar-refractivity contribution < 1.29 is 13.9 Å². The number of benzene rings is 1. The molecular formula is C18H22O3. The molecule has 1 aromatic heterocycles. The number of rotatable bonds is 4. The first-order valence-electron chi connectivity index (χ1n) is 7.82. The number of hydrogen-bond acceptors (Lipinski definition) is 3. The Morgan fingerprint density at radius 3 is 2.71 bits per heavy atom. The summed E-state index contributed by atoms with van der Waals surface area (Å²) in [6, 6.07) is 9.57. The summed E-state index contributed by atoms with van der Waals surface area (Å²) in [5.74, 6) is 1.11. The number of hydrogen-bond donors (Lipinski definition) is 0. The van der Waals surface area contributed by atoms with Gasteiger partial charge in [-0.05, 0) is 50.7 Å². The van der Waals surface area contributed by atoms with Gasteiger partial charge in [-0.15, -0.1) is 0 Å². The highest BCUT2D eigenvalue weighted by atomic mass is 16.5. The molecule has 0 unspecified atom stereocenters. The number of carbonyl (C=O) groups is 1. The van der Waals surface area contributed by atoms with Crippen LogP contribution in [0.2, 0.25) is 0 Å². The Balaban J connectivity index is 1.93. The predicted octanol–water partition coefficient (Wildman–Crippen LogP) is 4.60. The van der Waals surface area contributed by atoms with Crippen LogP contribution in [0.4, 0.5) is 0 Å². The monoisotopic (exact) mass is 286 g/mol. The van der Waals surface area contributed by atoms with Crippen molar-refractivity contribution in [3.63, 3.8) is 0 Å². The summed E-state index contributed by atoms with van der Waals surface area (Å²) in [7, 11) is 0. The third-order valence-corrected chi connectivity index (χ3v) is 4.57. The molecule has 0 spiro atoms. The summed E-state index contributed by atoms with van der Waals surface area (Å²) in [5.41, 5.74) is 0.0754. The first-order valence-corrected chi connectivity index (χ1v) is 7.82. The largest absolute Gasteiger partial charge is 0.453 e. The topological polar surface area (TPSA) is 39.4 Å². The molecule has 0 radical (unpaired) electrons. The number of fused-ring (bicyclic) bond motifs is 1. The highest BCUT2D eigenvalue weighted by molar-refractivity contribution is 6.03. The smallest absolute Gasteiger partial charge is 0.229 e. The predicted molar refractivity (Wildman–Crippen MR) is 82.5 cm³/mol. The van der Waals surface area contributed by atoms with E-state index in [1.165, 1.54) is 0 Å². The van der Waals surface area contributed by atoms with Crippen molar-refractivity contribution in [1.29, 1.82) is 0 Å². The molecule has 0 amide bonds. The van der Waals surface area contributed by atoms with Crippen LogP contribution in [0.25, 0.3) is 11.0 Å². The van der Waals surface area contributed by atoms with Gasteiger partial charge in [-0.25, -0.2) is 0 Å². The lowest BCUT2D eigenvalue weighted by atomic mass is 9.76. The molecule has 3 heteroatoms. The van der Waals surface area contributed by atoms with Gasteiger partial charge in [-0.1, -0.05) is 25.1 Å². The van der Waals surface area contributed by atoms with E-state index in [0.717, 1.165) is 36.7 Å². The average Bonchev–Trinajstić information content (AvgIpc) is 2.93. The van der Waals surface area contributed by atoms with Crippen LogP contribution in [0.1, 0.15) is 50.1 Å². The molecule has 1 aliphatic rings. The van der Waals surface area contributed by atoms with Gasteiger partial charge < -0.3 is 9.15 Å². The second-order valence-corrected chi connectivity index (χ2v) is 6.09. The molecule has 2 aromatic rings. The molecule has 0 bridgehead atoms. The molecule has 3 nitrogen and oxygen atoms in total. The summed E-state index contributed by atoms with van der Waals surface area (Å²) < 4.78 is 11.7. The van der Waals surface area contributed by atoms with E-state index in [1.807, 2.05) is 37.3 Å². The van der Waals surface area contributed by atoms with Crippen LogP contribution in [-0.4, -0.2) is 18.0 Å². The first-order chi connectivity index (χ1) is 10.1. The van der Waals surface area contributed by atoms with Gasteiger partial charge in [-0.2, -0.15) is 0 Å². The minimum absolute atomic E-state index is 0.00690. The van der Waals surface area contributed by atoms with Crippen molar-refractivity contribution >= 4 is 16.8 Å². The fourth-order valence-corrected chi connectivity index (χ4v) is 3.26. The third kappa shape index (κ3) is 2.62. The zero-order chi connectivity index (χ0) is 14.9. The maximum Gasteiger partial charge on any atom is 0.229 e. The molecule has 21 heavy (non-hydrogen) atoms. The van der Waals surface area contributed by atoms with E-state index in [0.29, 0.717) is 18.3 Å². The molecule has 1 heterocycles. The van der Waals surface area contributed by atoms with Crippen molar-refractivity contribution in [3.05, 3.63) is 36.1 Å². The number of ether oxygens (including phenoxy) is 1. The Morgan fingerprint density at radius 1 is 1.33 bits per heavy atom. The zero-order valence-corrected chi connectivity index (χ0v) is 12.7. The second-order valence-electron chi connectivity index (χ2n) is 6.09. The van der Waals surface area contributed by atoms with Crippen molar-refractivity contribution in [3.8, 4) is 0 Å². The van der Waals surface area contributed by atoms with Crippen molar-refractivity contribution in [2.45, 2.75) is 45.1 Å². The SMILES string of the molecule is CCOC1(C(=O)c2cc3ccccc3o2)CCC(C)CC1. The minimum atomic E-state index is -0.685. The van der Waals surface area contributed by atoms with Gasteiger partial charge in [0.25, 0.3) is 0 Å². The van der Waals surface area contributed by atoms with Gasteiger partial charge in [0.1, 0.15) is 11.2 Å². The lowest BCUT2D eigenvalue weighted by Crippen LogP contribution is -2.44. The second kappa shape index (κ2) is 5.64. The standard InChI is InChI=1S/C18H22O3/c1-3-20-18(10-8-13(2)9-11-18)17(19)16-12-14-6-4-5-7-15(14)21-16/h4-7,12-13H,3,8-11H2,1-2H3. The fraction of sp³-hybridized carbons (Fsp3) is 0.500. The van der Waals surface area contributed by atoms with E-state index in [1.54, 1.807) is 0 Å². The van der Waals surface area contributed by atoms with Crippen LogP contribution < -0.4 is 0 Å². The maximum atomic E-state index is 13.0. The van der Waals surface area contributed by atoms with Crippen molar-refractivity contribution in [2.75, 3.05) is 6.61 Å². The molecule has 1 aliphatic carbocycles. The number of carbonyl (C=O) groups excluding carboxylic acids is 1. The van der Waals surface area contributed by atoms with Gasteiger partial charge in [0.15, 0.2) is 5.76 Å². The molecule has 0 N–H and O–H groups in total. The normalized spacial score (nSPS) is 26.1. The highest BCUT2D eigenvalue weighted by Crippen LogP contribution is 2.38. The van der Waals surface area contributed by atoms with Crippen molar-refractivity contribution in [1.82, 2.24) is 0 Å². The summed E-state index contributed by atoms with van der Waals surface area (Å²) in [6.07, 6.45) is 3.65. The van der Waals surface area contributed by atoms with Gasteiger partial charge in [0, 0.05) is 12.0 Å². The van der Waals surface area contributed by atoms with E-state index >= 15 is 0 Å². The van der Waals surface area contributed by atoms with Gasteiger partial charge in [0.05, 0.1) is 0 Å². The molecule has 0 aliphatic heterocycles. The van der Waals surface area contributed by atoms with E-state index in [-0.39, 0.29) is 5.78 Å². The number of para-hydroxylation sites is 1. The zero-order valence-electron chi connectivity index (χ0n) is 12.7. The van der Waals surface area contributed by atoms with Gasteiger partial charge >= 0.3 is 0 Å². The van der Waals surface area contributed by atoms with Crippen LogP contribution in [0, 0.1) is 5.92 Å². The summed E-state index contributed by atoms with van der Waals surface area (Å²) in [5, 5.41) is 0.969. The molecule has 112 valence electrons. The van der Waals surface area contributed by atoms with Gasteiger partial charge in [-0.3, -0.25) is 4.79 Å². The van der Waals surface area contributed by atoms with E-state index in [4.69, 9.17) is 9.15 Å². The van der Waals surface area contributed by atoms with E-state index in [2.05, 4.69) is 6.92 Å². The Labute approximate surface area is 125 Å². The fourth-order valence-electron chi connectivity index (χ4n) is 3.26. The number of ketones is 1. The molecular weight excluding hydrogens is 264 g/mol. The molecule has 0 atom stereocenters. The van der Waals surface area contributed by atoms with Crippen LogP contribution in [0.5, 0.6) is 0 Å². The Morgan fingerprint density at radius 2 is 2.05 bits per heavy atom. The average molecular weight is 286 g/mol. The van der Waals surface area contributed by atoms with Crippen LogP contribution in [0.3, 0.4) is 0 Å². The Kier molecular flexibility index (Phi) is 3.85. The number of furan rings is 1. The van der Waals surface area contributed by atoms with Gasteiger partial charge in [0.2, 0.25) is 5.78 Å². The minimum Gasteiger partial charge on any atom is -0.453 e. The van der Waals surface area contributed by atoms with Crippen molar-refractivity contribution in [2.24, 2.45) is 5.92 Å². The molecule has 1 fully saturated rings. The van der Waals surface area contributed by atoms with Crippen LogP contribution >= 0.6 is 0 Å². The lowest BCUT2D eigenvalue weighted by Gasteiger charge is -2.37. The number of Topliss-reactive ketones (excluding diaryl/α,β-unsaturated/α-hetero) is 1. The highest BCUT2D eigenvalue weighted by Gasteiger charge is 2.43. The maximum absolute atomic E-state index is 13.0.